The minimum Gasteiger partial charge on any atom is -0.354 e. The number of halogens is 1. The number of hydrogen-bond acceptors (Lipinski definition) is 3. The third-order valence-corrected chi connectivity index (χ3v) is 3.88. The van der Waals surface area contributed by atoms with Crippen LogP contribution in [0.1, 0.15) is 23.5 Å². The van der Waals surface area contributed by atoms with Crippen LogP contribution in [0.15, 0.2) is 34.7 Å². The van der Waals surface area contributed by atoms with Crippen molar-refractivity contribution in [1.29, 1.82) is 0 Å². The van der Waals surface area contributed by atoms with Gasteiger partial charge in [-0.2, -0.15) is 0 Å². The summed E-state index contributed by atoms with van der Waals surface area (Å²) in [5.74, 6) is 0.494. The number of alkyl halides is 1. The van der Waals surface area contributed by atoms with E-state index in [1.165, 1.54) is 0 Å². The van der Waals surface area contributed by atoms with Gasteiger partial charge in [0.15, 0.2) is 5.43 Å². The van der Waals surface area contributed by atoms with Gasteiger partial charge in [0.25, 0.3) is 0 Å². The highest BCUT2D eigenvalue weighted by molar-refractivity contribution is 7.09. The second-order valence-corrected chi connectivity index (χ2v) is 5.30. The van der Waals surface area contributed by atoms with Gasteiger partial charge < -0.3 is 4.57 Å². The Hall–Kier alpha value is -1.13. The summed E-state index contributed by atoms with van der Waals surface area (Å²) in [5.41, 5.74) is 1.03. The van der Waals surface area contributed by atoms with Crippen LogP contribution in [0.5, 0.6) is 0 Å². The summed E-state index contributed by atoms with van der Waals surface area (Å²) < 4.78 is 2.04. The molecular formula is C13H15ClN2OS. The molecule has 2 rings (SSSR count). The van der Waals surface area contributed by atoms with Crippen molar-refractivity contribution >= 4 is 22.9 Å². The molecule has 0 amide bonds. The molecule has 18 heavy (non-hydrogen) atoms. The lowest BCUT2D eigenvalue weighted by Gasteiger charge is -2.04. The molecule has 0 spiro atoms. The summed E-state index contributed by atoms with van der Waals surface area (Å²) >= 11 is 7.39. The minimum atomic E-state index is 0.0580. The zero-order valence-corrected chi connectivity index (χ0v) is 11.6. The standard InChI is InChI=1S/C13H15ClN2OS/c14-9-11-10-18-13(15-11)3-1-2-6-16-7-4-12(17)5-8-16/h4-5,7-8,10H,1-3,6,9H2. The fourth-order valence-electron chi connectivity index (χ4n) is 1.69. The molecule has 0 saturated heterocycles. The van der Waals surface area contributed by atoms with Crippen LogP contribution in [0.2, 0.25) is 0 Å². The van der Waals surface area contributed by atoms with Crippen molar-refractivity contribution in [2.75, 3.05) is 0 Å². The summed E-state index contributed by atoms with van der Waals surface area (Å²) in [6.07, 6.45) is 6.84. The van der Waals surface area contributed by atoms with Crippen LogP contribution in [0.4, 0.5) is 0 Å². The molecule has 2 aromatic heterocycles. The Kier molecular flexibility index (Phi) is 4.96. The Morgan fingerprint density at radius 2 is 2.06 bits per heavy atom. The van der Waals surface area contributed by atoms with E-state index in [-0.39, 0.29) is 5.43 Å². The van der Waals surface area contributed by atoms with Crippen LogP contribution < -0.4 is 5.43 Å². The van der Waals surface area contributed by atoms with Crippen LogP contribution in [0.3, 0.4) is 0 Å². The molecule has 3 nitrogen and oxygen atoms in total. The van der Waals surface area contributed by atoms with Crippen LogP contribution in [0.25, 0.3) is 0 Å². The Morgan fingerprint density at radius 1 is 1.28 bits per heavy atom. The maximum atomic E-state index is 10.9. The number of aromatic nitrogens is 2. The first-order valence-corrected chi connectivity index (χ1v) is 7.35. The van der Waals surface area contributed by atoms with Gasteiger partial charge in [0.1, 0.15) is 0 Å². The van der Waals surface area contributed by atoms with Gasteiger partial charge in [-0.15, -0.1) is 22.9 Å². The molecule has 96 valence electrons. The lowest BCUT2D eigenvalue weighted by atomic mass is 10.2. The molecular weight excluding hydrogens is 268 g/mol. The van der Waals surface area contributed by atoms with E-state index in [4.69, 9.17) is 11.6 Å². The van der Waals surface area contributed by atoms with Crippen molar-refractivity contribution in [3.8, 4) is 0 Å². The molecule has 0 N–H and O–H groups in total. The first-order chi connectivity index (χ1) is 8.78. The number of hydrogen-bond donors (Lipinski definition) is 0. The number of unbranched alkanes of at least 4 members (excludes halogenated alkanes) is 1. The molecule has 0 bridgehead atoms. The Labute approximate surface area is 115 Å². The van der Waals surface area contributed by atoms with Gasteiger partial charge in [-0.25, -0.2) is 4.98 Å². The minimum absolute atomic E-state index is 0.0580. The number of pyridine rings is 1. The predicted molar refractivity (Wildman–Crippen MR) is 75.3 cm³/mol. The first kappa shape index (κ1) is 13.3. The van der Waals surface area contributed by atoms with Gasteiger partial charge in [0, 0.05) is 36.5 Å². The van der Waals surface area contributed by atoms with Crippen LogP contribution in [0, 0.1) is 0 Å². The SMILES string of the molecule is O=c1ccn(CCCCc2nc(CCl)cs2)cc1. The van der Waals surface area contributed by atoms with Crippen molar-refractivity contribution in [1.82, 2.24) is 9.55 Å². The molecule has 0 fully saturated rings. The monoisotopic (exact) mass is 282 g/mol. The van der Waals surface area contributed by atoms with E-state index in [2.05, 4.69) is 4.98 Å². The van der Waals surface area contributed by atoms with E-state index in [0.29, 0.717) is 5.88 Å². The summed E-state index contributed by atoms with van der Waals surface area (Å²) in [6, 6.07) is 3.18. The van der Waals surface area contributed by atoms with Gasteiger partial charge in [0.2, 0.25) is 0 Å². The molecule has 5 heteroatoms. The second kappa shape index (κ2) is 6.71. The lowest BCUT2D eigenvalue weighted by molar-refractivity contribution is 0.605. The van der Waals surface area contributed by atoms with Crippen molar-refractivity contribution in [2.24, 2.45) is 0 Å². The van der Waals surface area contributed by atoms with Gasteiger partial charge in [-0.05, 0) is 19.3 Å². The molecule has 0 atom stereocenters. The third-order valence-electron chi connectivity index (χ3n) is 2.65. The average Bonchev–Trinajstić information content (AvgIpc) is 2.85. The van der Waals surface area contributed by atoms with E-state index in [1.54, 1.807) is 23.5 Å². The summed E-state index contributed by atoms with van der Waals surface area (Å²) in [4.78, 5) is 15.4. The highest BCUT2D eigenvalue weighted by atomic mass is 35.5. The fourth-order valence-corrected chi connectivity index (χ4v) is 2.76. The first-order valence-electron chi connectivity index (χ1n) is 5.93. The molecule has 0 aromatic carbocycles. The lowest BCUT2D eigenvalue weighted by Crippen LogP contribution is -2.04. The molecule has 0 saturated carbocycles. The smallest absolute Gasteiger partial charge is 0.181 e. The summed E-state index contributed by atoms with van der Waals surface area (Å²) in [7, 11) is 0. The third kappa shape index (κ3) is 3.96. The number of rotatable bonds is 6. The van der Waals surface area contributed by atoms with Gasteiger partial charge >= 0.3 is 0 Å². The van der Waals surface area contributed by atoms with E-state index in [9.17, 15) is 4.79 Å². The van der Waals surface area contributed by atoms with E-state index >= 15 is 0 Å². The molecule has 0 radical (unpaired) electrons. The maximum Gasteiger partial charge on any atom is 0.181 e. The predicted octanol–water partition coefficient (Wildman–Crippen LogP) is 3.07. The molecule has 0 aliphatic rings. The average molecular weight is 283 g/mol. The molecule has 2 heterocycles. The van der Waals surface area contributed by atoms with Gasteiger partial charge in [-0.3, -0.25) is 4.79 Å². The summed E-state index contributed by atoms with van der Waals surface area (Å²) in [5, 5.41) is 3.18. The topological polar surface area (TPSA) is 34.9 Å². The highest BCUT2D eigenvalue weighted by Gasteiger charge is 2.00. The van der Waals surface area contributed by atoms with Crippen molar-refractivity contribution in [3.05, 3.63) is 50.8 Å². The van der Waals surface area contributed by atoms with E-state index in [1.807, 2.05) is 22.3 Å². The van der Waals surface area contributed by atoms with Crippen LogP contribution in [-0.2, 0) is 18.8 Å². The Morgan fingerprint density at radius 3 is 2.72 bits per heavy atom. The number of aryl methyl sites for hydroxylation is 2. The Bertz CT molecular complexity index is 529. The normalized spacial score (nSPS) is 10.7. The molecule has 0 unspecified atom stereocenters. The molecule has 0 aliphatic carbocycles. The second-order valence-electron chi connectivity index (χ2n) is 4.09. The fraction of sp³-hybridized carbons (Fsp3) is 0.385. The zero-order chi connectivity index (χ0) is 12.8. The van der Waals surface area contributed by atoms with E-state index in [0.717, 1.165) is 36.5 Å². The highest BCUT2D eigenvalue weighted by Crippen LogP contribution is 2.14. The molecule has 2 aromatic rings. The quantitative estimate of drug-likeness (QED) is 0.603. The Balaban J connectivity index is 1.72. The van der Waals surface area contributed by atoms with E-state index < -0.39 is 0 Å². The van der Waals surface area contributed by atoms with Gasteiger partial charge in [-0.1, -0.05) is 0 Å². The van der Waals surface area contributed by atoms with Crippen LogP contribution in [-0.4, -0.2) is 9.55 Å². The summed E-state index contributed by atoms with van der Waals surface area (Å²) in [6.45, 7) is 0.939. The van der Waals surface area contributed by atoms with Crippen molar-refractivity contribution in [3.63, 3.8) is 0 Å². The number of nitrogens with zero attached hydrogens (tertiary/aromatic N) is 2. The van der Waals surface area contributed by atoms with Gasteiger partial charge in [0.05, 0.1) is 16.6 Å². The maximum absolute atomic E-state index is 10.9. The largest absolute Gasteiger partial charge is 0.354 e. The number of thiazole rings is 1. The van der Waals surface area contributed by atoms with Crippen molar-refractivity contribution < 1.29 is 0 Å². The van der Waals surface area contributed by atoms with Crippen LogP contribution >= 0.6 is 22.9 Å². The molecule has 0 aliphatic heterocycles. The zero-order valence-electron chi connectivity index (χ0n) is 10.0. The van der Waals surface area contributed by atoms with Crippen molar-refractivity contribution in [2.45, 2.75) is 31.7 Å².